The normalized spacial score (nSPS) is 10.8. The molecule has 146 valence electrons. The summed E-state index contributed by atoms with van der Waals surface area (Å²) in [6, 6.07) is 20.5. The van der Waals surface area contributed by atoms with Gasteiger partial charge in [0.05, 0.1) is 5.02 Å². The summed E-state index contributed by atoms with van der Waals surface area (Å²) in [4.78, 5) is 16.6. The van der Waals surface area contributed by atoms with Crippen LogP contribution in [0.3, 0.4) is 0 Å². The number of aryl methyl sites for hydroxylation is 1. The van der Waals surface area contributed by atoms with E-state index in [1.54, 1.807) is 24.3 Å². The maximum atomic E-state index is 12.1. The zero-order valence-electron chi connectivity index (χ0n) is 15.8. The molecular formula is C23H19ClN2O3. The van der Waals surface area contributed by atoms with E-state index < -0.39 is 0 Å². The quantitative estimate of drug-likeness (QED) is 0.465. The number of para-hydroxylation sites is 1. The summed E-state index contributed by atoms with van der Waals surface area (Å²) in [5, 5.41) is 3.28. The van der Waals surface area contributed by atoms with Crippen LogP contribution >= 0.6 is 11.6 Å². The summed E-state index contributed by atoms with van der Waals surface area (Å²) in [6.45, 7) is 1.91. The fourth-order valence-electron chi connectivity index (χ4n) is 2.94. The van der Waals surface area contributed by atoms with Crippen LogP contribution in [0.4, 0.5) is 5.69 Å². The number of nitrogens with zero attached hydrogens (tertiary/aromatic N) is 1. The van der Waals surface area contributed by atoms with E-state index in [-0.39, 0.29) is 12.5 Å². The molecule has 0 unspecified atom stereocenters. The number of nitrogens with one attached hydrogen (secondary N) is 1. The lowest BCUT2D eigenvalue weighted by atomic mass is 10.1. The Morgan fingerprint density at radius 2 is 1.90 bits per heavy atom. The summed E-state index contributed by atoms with van der Waals surface area (Å²) >= 11 is 6.02. The predicted octanol–water partition coefficient (Wildman–Crippen LogP) is 5.40. The Morgan fingerprint density at radius 3 is 2.69 bits per heavy atom. The van der Waals surface area contributed by atoms with Gasteiger partial charge in [-0.3, -0.25) is 4.79 Å². The van der Waals surface area contributed by atoms with Crippen molar-refractivity contribution in [1.29, 1.82) is 0 Å². The molecule has 0 fully saturated rings. The Kier molecular flexibility index (Phi) is 5.49. The lowest BCUT2D eigenvalue weighted by molar-refractivity contribution is -0.118. The van der Waals surface area contributed by atoms with Crippen molar-refractivity contribution in [3.63, 3.8) is 0 Å². The molecule has 4 rings (SSSR count). The lowest BCUT2D eigenvalue weighted by Crippen LogP contribution is -2.20. The van der Waals surface area contributed by atoms with Gasteiger partial charge in [-0.15, -0.1) is 0 Å². The van der Waals surface area contributed by atoms with Gasteiger partial charge in [-0.1, -0.05) is 41.9 Å². The van der Waals surface area contributed by atoms with Gasteiger partial charge in [-0.05, 0) is 54.4 Å². The number of amides is 1. The van der Waals surface area contributed by atoms with Crippen molar-refractivity contribution < 1.29 is 13.9 Å². The van der Waals surface area contributed by atoms with Crippen molar-refractivity contribution >= 4 is 34.3 Å². The van der Waals surface area contributed by atoms with Crippen LogP contribution < -0.4 is 10.1 Å². The lowest BCUT2D eigenvalue weighted by Gasteiger charge is -2.09. The molecule has 0 aliphatic heterocycles. The van der Waals surface area contributed by atoms with Crippen LogP contribution in [-0.4, -0.2) is 17.5 Å². The second-order valence-electron chi connectivity index (χ2n) is 6.72. The number of rotatable bonds is 6. The molecule has 0 saturated carbocycles. The van der Waals surface area contributed by atoms with Crippen LogP contribution in [0.5, 0.6) is 5.75 Å². The van der Waals surface area contributed by atoms with E-state index in [1.165, 1.54) is 0 Å². The van der Waals surface area contributed by atoms with Crippen molar-refractivity contribution in [3.8, 4) is 5.75 Å². The third kappa shape index (κ3) is 4.76. The molecule has 29 heavy (non-hydrogen) atoms. The fraction of sp³-hybridized carbons (Fsp3) is 0.130. The van der Waals surface area contributed by atoms with Crippen LogP contribution in [0.15, 0.2) is 71.1 Å². The molecule has 0 spiro atoms. The predicted molar refractivity (Wildman–Crippen MR) is 114 cm³/mol. The van der Waals surface area contributed by atoms with Crippen molar-refractivity contribution in [2.75, 3.05) is 11.9 Å². The number of benzene rings is 3. The van der Waals surface area contributed by atoms with Crippen LogP contribution in [0.25, 0.3) is 11.1 Å². The number of fused-ring (bicyclic) bond motifs is 1. The molecule has 1 N–H and O–H groups in total. The molecule has 0 bridgehead atoms. The number of ether oxygens (including phenoxy) is 1. The van der Waals surface area contributed by atoms with E-state index in [2.05, 4.69) is 10.3 Å². The molecule has 5 nitrogen and oxygen atoms in total. The molecule has 1 amide bonds. The van der Waals surface area contributed by atoms with Crippen LogP contribution in [-0.2, 0) is 11.2 Å². The zero-order valence-corrected chi connectivity index (χ0v) is 16.6. The molecule has 4 aromatic rings. The molecular weight excluding hydrogens is 388 g/mol. The highest BCUT2D eigenvalue weighted by molar-refractivity contribution is 6.32. The van der Waals surface area contributed by atoms with Gasteiger partial charge in [-0.2, -0.15) is 0 Å². The number of hydrogen-bond acceptors (Lipinski definition) is 4. The van der Waals surface area contributed by atoms with Gasteiger partial charge in [0, 0.05) is 12.1 Å². The Hall–Kier alpha value is -3.31. The molecule has 0 atom stereocenters. The minimum atomic E-state index is -0.257. The first-order valence-corrected chi connectivity index (χ1v) is 9.57. The van der Waals surface area contributed by atoms with Crippen molar-refractivity contribution in [2.24, 2.45) is 0 Å². The summed E-state index contributed by atoms with van der Waals surface area (Å²) < 4.78 is 11.2. The van der Waals surface area contributed by atoms with E-state index in [1.807, 2.05) is 49.4 Å². The highest BCUT2D eigenvalue weighted by atomic mass is 35.5. The van der Waals surface area contributed by atoms with E-state index in [0.29, 0.717) is 28.8 Å². The van der Waals surface area contributed by atoms with E-state index >= 15 is 0 Å². The second kappa shape index (κ2) is 8.37. The maximum Gasteiger partial charge on any atom is 0.262 e. The number of carbonyl (C=O) groups is 1. The molecule has 0 radical (unpaired) electrons. The van der Waals surface area contributed by atoms with Crippen molar-refractivity contribution in [1.82, 2.24) is 4.98 Å². The standard InChI is InChI=1S/C23H19ClN2O3/c1-15-6-11-21-19(12-15)26-23(29-21)13-16-7-9-17(10-8-16)25-22(27)14-28-20-5-3-2-4-18(20)24/h2-12H,13-14H2,1H3,(H,25,27). The van der Waals surface area contributed by atoms with Gasteiger partial charge >= 0.3 is 0 Å². The monoisotopic (exact) mass is 406 g/mol. The van der Waals surface area contributed by atoms with Gasteiger partial charge in [0.25, 0.3) is 5.91 Å². The Balaban J connectivity index is 1.34. The van der Waals surface area contributed by atoms with Crippen molar-refractivity contribution in [2.45, 2.75) is 13.3 Å². The molecule has 3 aromatic carbocycles. The third-order valence-electron chi connectivity index (χ3n) is 4.38. The molecule has 0 saturated heterocycles. The molecule has 0 aliphatic rings. The first-order valence-electron chi connectivity index (χ1n) is 9.19. The van der Waals surface area contributed by atoms with Gasteiger partial charge in [0.15, 0.2) is 18.1 Å². The first kappa shape index (κ1) is 19.0. The second-order valence-corrected chi connectivity index (χ2v) is 7.13. The maximum absolute atomic E-state index is 12.1. The largest absolute Gasteiger partial charge is 0.482 e. The molecule has 1 heterocycles. The number of halogens is 1. The van der Waals surface area contributed by atoms with Crippen molar-refractivity contribution in [3.05, 3.63) is 88.8 Å². The van der Waals surface area contributed by atoms with E-state index in [9.17, 15) is 4.79 Å². The van der Waals surface area contributed by atoms with E-state index in [0.717, 1.165) is 22.2 Å². The molecule has 1 aromatic heterocycles. The zero-order chi connectivity index (χ0) is 20.2. The summed E-state index contributed by atoms with van der Waals surface area (Å²) in [5.74, 6) is 0.885. The van der Waals surface area contributed by atoms with Crippen LogP contribution in [0, 0.1) is 6.92 Å². The summed E-state index contributed by atoms with van der Waals surface area (Å²) in [7, 11) is 0. The number of hydrogen-bond donors (Lipinski definition) is 1. The third-order valence-corrected chi connectivity index (χ3v) is 4.69. The topological polar surface area (TPSA) is 64.4 Å². The van der Waals surface area contributed by atoms with E-state index in [4.69, 9.17) is 20.8 Å². The Morgan fingerprint density at radius 1 is 1.10 bits per heavy atom. The molecule has 6 heteroatoms. The number of anilines is 1. The Labute approximate surface area is 173 Å². The van der Waals surface area contributed by atoms with Gasteiger partial charge in [0.1, 0.15) is 11.3 Å². The fourth-order valence-corrected chi connectivity index (χ4v) is 3.13. The van der Waals surface area contributed by atoms with Crippen LogP contribution in [0.1, 0.15) is 17.0 Å². The average molecular weight is 407 g/mol. The smallest absolute Gasteiger partial charge is 0.262 e. The molecule has 0 aliphatic carbocycles. The first-order chi connectivity index (χ1) is 14.1. The number of oxazole rings is 1. The summed E-state index contributed by atoms with van der Waals surface area (Å²) in [6.07, 6.45) is 0.581. The van der Waals surface area contributed by atoms with Gasteiger partial charge in [0.2, 0.25) is 0 Å². The van der Waals surface area contributed by atoms with Gasteiger partial charge in [-0.25, -0.2) is 4.98 Å². The highest BCUT2D eigenvalue weighted by Gasteiger charge is 2.09. The minimum Gasteiger partial charge on any atom is -0.482 e. The SMILES string of the molecule is Cc1ccc2oc(Cc3ccc(NC(=O)COc4ccccc4Cl)cc3)nc2c1. The number of aromatic nitrogens is 1. The van der Waals surface area contributed by atoms with Crippen LogP contribution in [0.2, 0.25) is 5.02 Å². The van der Waals surface area contributed by atoms with Gasteiger partial charge < -0.3 is 14.5 Å². The minimum absolute atomic E-state index is 0.117. The Bertz CT molecular complexity index is 1150. The number of carbonyl (C=O) groups excluding carboxylic acids is 1. The average Bonchev–Trinajstić information content (AvgIpc) is 3.10. The summed E-state index contributed by atoms with van der Waals surface area (Å²) in [5.41, 5.74) is 4.53. The highest BCUT2D eigenvalue weighted by Crippen LogP contribution is 2.23.